The van der Waals surface area contributed by atoms with E-state index in [4.69, 9.17) is 14.2 Å². The molecule has 0 radical (unpaired) electrons. The number of carbonyl (C=O) groups is 3. The van der Waals surface area contributed by atoms with E-state index in [-0.39, 0.29) is 31.1 Å². The molecule has 0 saturated carbocycles. The third-order valence-electron chi connectivity index (χ3n) is 13.0. The predicted octanol–water partition coefficient (Wildman–Crippen LogP) is 18.6. The Morgan fingerprint density at radius 3 is 0.778 bits per heavy atom. The molecule has 0 aromatic carbocycles. The lowest BCUT2D eigenvalue weighted by Crippen LogP contribution is -2.30. The molecule has 6 heteroatoms. The van der Waals surface area contributed by atoms with Gasteiger partial charge in [0.05, 0.1) is 0 Å². The highest BCUT2D eigenvalue weighted by atomic mass is 16.6. The smallest absolute Gasteiger partial charge is 0.306 e. The molecular formula is C57H110O6. The van der Waals surface area contributed by atoms with Crippen molar-refractivity contribution in [3.05, 3.63) is 0 Å². The summed E-state index contributed by atoms with van der Waals surface area (Å²) in [4.78, 5) is 38.0. The predicted molar refractivity (Wildman–Crippen MR) is 270 cm³/mol. The number of esters is 3. The van der Waals surface area contributed by atoms with Gasteiger partial charge in [-0.1, -0.05) is 285 Å². The topological polar surface area (TPSA) is 78.9 Å². The zero-order chi connectivity index (χ0) is 45.9. The van der Waals surface area contributed by atoms with Crippen LogP contribution < -0.4 is 0 Å². The first-order valence-electron chi connectivity index (χ1n) is 28.4. The van der Waals surface area contributed by atoms with Gasteiger partial charge in [-0.3, -0.25) is 14.4 Å². The molecule has 0 heterocycles. The van der Waals surface area contributed by atoms with Crippen molar-refractivity contribution in [1.82, 2.24) is 0 Å². The Kier molecular flexibility index (Phi) is 50.1. The average molecular weight is 892 g/mol. The zero-order valence-corrected chi connectivity index (χ0v) is 43.0. The Balaban J connectivity index is 4.24. The maximum atomic E-state index is 12.8. The Bertz CT molecular complexity index is 949. The molecule has 0 spiro atoms. The second-order valence-corrected chi connectivity index (χ2v) is 20.1. The molecule has 0 bridgehead atoms. The van der Waals surface area contributed by atoms with Gasteiger partial charge in [0.25, 0.3) is 0 Å². The maximum absolute atomic E-state index is 12.8. The van der Waals surface area contributed by atoms with Crippen LogP contribution in [0.5, 0.6) is 0 Å². The standard InChI is InChI=1S/C57H110O6/c1-5-7-9-11-13-15-17-19-21-23-25-27-29-31-33-37-42-46-50-57(60)63-54(52-62-56(59)49-45-41-38-34-35-39-43-47-53(3)4)51-61-55(58)48-44-40-36-32-30-28-26-24-22-20-18-16-14-12-10-8-6-2/h53-54H,5-52H2,1-4H3/t54-/m0/s1. The van der Waals surface area contributed by atoms with Gasteiger partial charge in [0, 0.05) is 19.3 Å². The lowest BCUT2D eigenvalue weighted by molar-refractivity contribution is -0.167. The lowest BCUT2D eigenvalue weighted by Gasteiger charge is -2.18. The Morgan fingerprint density at radius 1 is 0.302 bits per heavy atom. The highest BCUT2D eigenvalue weighted by Crippen LogP contribution is 2.18. The molecular weight excluding hydrogens is 781 g/mol. The van der Waals surface area contributed by atoms with Crippen LogP contribution in [0.25, 0.3) is 0 Å². The van der Waals surface area contributed by atoms with E-state index in [2.05, 4.69) is 27.7 Å². The van der Waals surface area contributed by atoms with Crippen molar-refractivity contribution in [2.45, 2.75) is 329 Å². The van der Waals surface area contributed by atoms with Gasteiger partial charge in [0.15, 0.2) is 6.10 Å². The molecule has 0 saturated heterocycles. The van der Waals surface area contributed by atoms with Crippen LogP contribution in [-0.4, -0.2) is 37.2 Å². The monoisotopic (exact) mass is 891 g/mol. The first-order chi connectivity index (χ1) is 30.9. The number of unbranched alkanes of at least 4 members (excludes halogenated alkanes) is 39. The quantitative estimate of drug-likeness (QED) is 0.0344. The summed E-state index contributed by atoms with van der Waals surface area (Å²) in [6.45, 7) is 9.00. The van der Waals surface area contributed by atoms with Crippen LogP contribution in [0, 0.1) is 5.92 Å². The second kappa shape index (κ2) is 51.4. The second-order valence-electron chi connectivity index (χ2n) is 20.1. The lowest BCUT2D eigenvalue weighted by atomic mass is 10.0. The van der Waals surface area contributed by atoms with Crippen LogP contribution >= 0.6 is 0 Å². The highest BCUT2D eigenvalue weighted by Gasteiger charge is 2.19. The van der Waals surface area contributed by atoms with Crippen LogP contribution in [0.15, 0.2) is 0 Å². The van der Waals surface area contributed by atoms with E-state index in [1.807, 2.05) is 0 Å². The summed E-state index contributed by atoms with van der Waals surface area (Å²) in [5, 5.41) is 0. The number of ether oxygens (including phenoxy) is 3. The van der Waals surface area contributed by atoms with Crippen LogP contribution in [0.3, 0.4) is 0 Å². The van der Waals surface area contributed by atoms with Crippen molar-refractivity contribution in [2.75, 3.05) is 13.2 Å². The molecule has 0 amide bonds. The van der Waals surface area contributed by atoms with E-state index < -0.39 is 6.10 Å². The summed E-state index contributed by atoms with van der Waals surface area (Å²) in [6, 6.07) is 0. The van der Waals surface area contributed by atoms with Gasteiger partial charge in [-0.15, -0.1) is 0 Å². The summed E-state index contributed by atoms with van der Waals surface area (Å²) in [7, 11) is 0. The number of carbonyl (C=O) groups excluding carboxylic acids is 3. The van der Waals surface area contributed by atoms with E-state index in [1.165, 1.54) is 218 Å². The van der Waals surface area contributed by atoms with E-state index in [1.54, 1.807) is 0 Å². The van der Waals surface area contributed by atoms with Crippen molar-refractivity contribution in [3.63, 3.8) is 0 Å². The van der Waals surface area contributed by atoms with E-state index in [9.17, 15) is 14.4 Å². The number of rotatable bonds is 52. The molecule has 0 fully saturated rings. The zero-order valence-electron chi connectivity index (χ0n) is 43.0. The molecule has 0 aliphatic heterocycles. The van der Waals surface area contributed by atoms with Gasteiger partial charge < -0.3 is 14.2 Å². The minimum absolute atomic E-state index is 0.0628. The fourth-order valence-corrected chi connectivity index (χ4v) is 8.75. The molecule has 1 atom stereocenters. The molecule has 0 N–H and O–H groups in total. The Hall–Kier alpha value is -1.59. The minimum atomic E-state index is -0.762. The average Bonchev–Trinajstić information content (AvgIpc) is 3.27. The first-order valence-corrected chi connectivity index (χ1v) is 28.4. The van der Waals surface area contributed by atoms with E-state index >= 15 is 0 Å². The third-order valence-corrected chi connectivity index (χ3v) is 13.0. The van der Waals surface area contributed by atoms with Gasteiger partial charge in [-0.05, 0) is 25.2 Å². The van der Waals surface area contributed by atoms with Crippen LogP contribution in [-0.2, 0) is 28.6 Å². The molecule has 0 aliphatic carbocycles. The highest BCUT2D eigenvalue weighted by molar-refractivity contribution is 5.71. The van der Waals surface area contributed by atoms with Crippen molar-refractivity contribution in [1.29, 1.82) is 0 Å². The van der Waals surface area contributed by atoms with Crippen molar-refractivity contribution < 1.29 is 28.6 Å². The van der Waals surface area contributed by atoms with Crippen molar-refractivity contribution in [3.8, 4) is 0 Å². The van der Waals surface area contributed by atoms with Gasteiger partial charge >= 0.3 is 17.9 Å². The number of hydrogen-bond acceptors (Lipinski definition) is 6. The molecule has 374 valence electrons. The summed E-state index contributed by atoms with van der Waals surface area (Å²) in [5.74, 6) is -0.0597. The fourth-order valence-electron chi connectivity index (χ4n) is 8.75. The van der Waals surface area contributed by atoms with Gasteiger partial charge in [0.2, 0.25) is 0 Å². The SMILES string of the molecule is CCCCCCCCCCCCCCCCCCCCC(=O)O[C@@H](COC(=O)CCCCCCCCCCCCCCCCCCC)COC(=O)CCCCCCCCCC(C)C. The third kappa shape index (κ3) is 51.3. The summed E-state index contributed by atoms with van der Waals surface area (Å²) in [6.07, 6.45) is 55.3. The van der Waals surface area contributed by atoms with Gasteiger partial charge in [0.1, 0.15) is 13.2 Å². The maximum Gasteiger partial charge on any atom is 0.306 e. The minimum Gasteiger partial charge on any atom is -0.462 e. The fraction of sp³-hybridized carbons (Fsp3) is 0.947. The molecule has 0 rings (SSSR count). The largest absolute Gasteiger partial charge is 0.462 e. The summed E-state index contributed by atoms with van der Waals surface area (Å²) >= 11 is 0. The van der Waals surface area contributed by atoms with Crippen LogP contribution in [0.4, 0.5) is 0 Å². The molecule has 0 aliphatic rings. The van der Waals surface area contributed by atoms with Gasteiger partial charge in [-0.25, -0.2) is 0 Å². The van der Waals surface area contributed by atoms with Gasteiger partial charge in [-0.2, -0.15) is 0 Å². The molecule has 6 nitrogen and oxygen atoms in total. The molecule has 63 heavy (non-hydrogen) atoms. The molecule has 0 unspecified atom stereocenters. The van der Waals surface area contributed by atoms with Crippen LogP contribution in [0.1, 0.15) is 323 Å². The Morgan fingerprint density at radius 2 is 0.524 bits per heavy atom. The first kappa shape index (κ1) is 61.4. The van der Waals surface area contributed by atoms with Crippen molar-refractivity contribution >= 4 is 17.9 Å². The Labute approximate surface area is 393 Å². The molecule has 0 aromatic rings. The number of hydrogen-bond donors (Lipinski definition) is 0. The molecule has 0 aromatic heterocycles. The van der Waals surface area contributed by atoms with Crippen LogP contribution in [0.2, 0.25) is 0 Å². The van der Waals surface area contributed by atoms with E-state index in [0.29, 0.717) is 19.3 Å². The summed E-state index contributed by atoms with van der Waals surface area (Å²) < 4.78 is 16.9. The van der Waals surface area contributed by atoms with Crippen molar-refractivity contribution in [2.24, 2.45) is 5.92 Å². The van der Waals surface area contributed by atoms with E-state index in [0.717, 1.165) is 63.7 Å². The summed E-state index contributed by atoms with van der Waals surface area (Å²) in [5.41, 5.74) is 0. The normalized spacial score (nSPS) is 12.0.